The average Bonchev–Trinajstić information content (AvgIpc) is 2.44. The maximum absolute atomic E-state index is 13.6. The number of rotatable bonds is 3. The van der Waals surface area contributed by atoms with Crippen LogP contribution >= 0.6 is 0 Å². The molecule has 4 N–H and O–H groups in total. The number of anilines is 3. The van der Waals surface area contributed by atoms with Gasteiger partial charge in [-0.2, -0.15) is 5.26 Å². The SMILES string of the molecule is N#Cc1cc(Nc2cc(F)c(C(=O)O)cc2N)ccc1F. The second-order valence-electron chi connectivity index (χ2n) is 4.16. The van der Waals surface area contributed by atoms with Crippen LogP contribution in [0.15, 0.2) is 30.3 Å². The number of nitrogens with two attached hydrogens (primary N) is 1. The molecular formula is C14H9F2N3O2. The Morgan fingerprint density at radius 3 is 2.57 bits per heavy atom. The van der Waals surface area contributed by atoms with Crippen molar-refractivity contribution in [1.29, 1.82) is 5.26 Å². The number of benzene rings is 2. The lowest BCUT2D eigenvalue weighted by Gasteiger charge is -2.11. The highest BCUT2D eigenvalue weighted by atomic mass is 19.1. The molecule has 0 spiro atoms. The predicted molar refractivity (Wildman–Crippen MR) is 72.2 cm³/mol. The van der Waals surface area contributed by atoms with Crippen molar-refractivity contribution in [2.24, 2.45) is 0 Å². The van der Waals surface area contributed by atoms with E-state index in [-0.39, 0.29) is 16.9 Å². The number of nitrogens with one attached hydrogen (secondary N) is 1. The van der Waals surface area contributed by atoms with Crippen LogP contribution in [0.25, 0.3) is 0 Å². The zero-order chi connectivity index (χ0) is 15.6. The second-order valence-corrected chi connectivity index (χ2v) is 4.16. The standard InChI is InChI=1S/C14H9F2N3O2/c15-10-2-1-8(3-7(10)6-17)19-13-5-11(16)9(14(20)21)4-12(13)18/h1-5,19H,18H2,(H,20,21). The van der Waals surface area contributed by atoms with Crippen LogP contribution < -0.4 is 11.1 Å². The minimum absolute atomic E-state index is 0.0108. The number of carbonyl (C=O) groups is 1. The molecular weight excluding hydrogens is 280 g/mol. The number of hydrogen-bond acceptors (Lipinski definition) is 4. The molecule has 0 saturated heterocycles. The van der Waals surface area contributed by atoms with Crippen LogP contribution in [0.4, 0.5) is 25.8 Å². The third kappa shape index (κ3) is 2.90. The highest BCUT2D eigenvalue weighted by Crippen LogP contribution is 2.27. The molecule has 106 valence electrons. The van der Waals surface area contributed by atoms with E-state index < -0.39 is 23.2 Å². The fourth-order valence-corrected chi connectivity index (χ4v) is 1.71. The second kappa shape index (κ2) is 5.46. The van der Waals surface area contributed by atoms with Gasteiger partial charge < -0.3 is 16.2 Å². The molecule has 0 fully saturated rings. The number of halogens is 2. The summed E-state index contributed by atoms with van der Waals surface area (Å²) in [7, 11) is 0. The summed E-state index contributed by atoms with van der Waals surface area (Å²) in [4.78, 5) is 10.8. The number of nitrogens with zero attached hydrogens (tertiary/aromatic N) is 1. The number of carboxylic acid groups (broad SMARTS) is 1. The molecule has 0 aromatic heterocycles. The van der Waals surface area contributed by atoms with Crippen molar-refractivity contribution in [3.8, 4) is 6.07 Å². The molecule has 2 rings (SSSR count). The van der Waals surface area contributed by atoms with Gasteiger partial charge in [-0.1, -0.05) is 0 Å². The monoisotopic (exact) mass is 289 g/mol. The molecule has 0 radical (unpaired) electrons. The van der Waals surface area contributed by atoms with Crippen molar-refractivity contribution in [1.82, 2.24) is 0 Å². The first kappa shape index (κ1) is 14.3. The maximum atomic E-state index is 13.6. The van der Waals surface area contributed by atoms with Gasteiger partial charge in [0.1, 0.15) is 17.7 Å². The van der Waals surface area contributed by atoms with Gasteiger partial charge in [0.05, 0.1) is 22.5 Å². The van der Waals surface area contributed by atoms with Gasteiger partial charge >= 0.3 is 5.97 Å². The predicted octanol–water partition coefficient (Wildman–Crippen LogP) is 2.86. The molecule has 0 atom stereocenters. The summed E-state index contributed by atoms with van der Waals surface area (Å²) in [5, 5.41) is 20.2. The topological polar surface area (TPSA) is 99.1 Å². The Kier molecular flexibility index (Phi) is 3.71. The number of nitrogen functional groups attached to an aromatic ring is 1. The van der Waals surface area contributed by atoms with E-state index in [1.165, 1.54) is 12.1 Å². The zero-order valence-corrected chi connectivity index (χ0v) is 10.5. The Morgan fingerprint density at radius 1 is 1.24 bits per heavy atom. The Morgan fingerprint density at radius 2 is 1.95 bits per heavy atom. The van der Waals surface area contributed by atoms with E-state index in [2.05, 4.69) is 5.32 Å². The van der Waals surface area contributed by atoms with Gasteiger partial charge in [-0.3, -0.25) is 0 Å². The molecule has 5 nitrogen and oxygen atoms in total. The van der Waals surface area contributed by atoms with E-state index in [1.54, 1.807) is 6.07 Å². The fourth-order valence-electron chi connectivity index (χ4n) is 1.71. The number of aromatic carboxylic acids is 1. The average molecular weight is 289 g/mol. The molecule has 0 aliphatic carbocycles. The summed E-state index contributed by atoms with van der Waals surface area (Å²) in [6, 6.07) is 7.24. The first-order valence-corrected chi connectivity index (χ1v) is 5.71. The molecule has 0 aliphatic rings. The molecule has 0 aliphatic heterocycles. The van der Waals surface area contributed by atoms with Crippen molar-refractivity contribution in [2.45, 2.75) is 0 Å². The summed E-state index contributed by atoms with van der Waals surface area (Å²) in [6.45, 7) is 0. The summed E-state index contributed by atoms with van der Waals surface area (Å²) < 4.78 is 26.8. The highest BCUT2D eigenvalue weighted by Gasteiger charge is 2.14. The molecule has 7 heteroatoms. The minimum atomic E-state index is -1.43. The number of nitriles is 1. The van der Waals surface area contributed by atoms with Gasteiger partial charge in [-0.25, -0.2) is 13.6 Å². The first-order valence-electron chi connectivity index (χ1n) is 5.71. The number of hydrogen-bond donors (Lipinski definition) is 3. The van der Waals surface area contributed by atoms with Gasteiger partial charge in [0, 0.05) is 11.8 Å². The van der Waals surface area contributed by atoms with Gasteiger partial charge in [-0.15, -0.1) is 0 Å². The van der Waals surface area contributed by atoms with E-state index in [0.29, 0.717) is 5.69 Å². The summed E-state index contributed by atoms with van der Waals surface area (Å²) >= 11 is 0. The molecule has 0 amide bonds. The molecule has 0 unspecified atom stereocenters. The lowest BCUT2D eigenvalue weighted by Crippen LogP contribution is -2.05. The van der Waals surface area contributed by atoms with Gasteiger partial charge in [0.15, 0.2) is 0 Å². The van der Waals surface area contributed by atoms with E-state index in [0.717, 1.165) is 18.2 Å². The Balaban J connectivity index is 2.39. The summed E-state index contributed by atoms with van der Waals surface area (Å²) in [6.07, 6.45) is 0. The van der Waals surface area contributed by atoms with Crippen LogP contribution in [0.2, 0.25) is 0 Å². The highest BCUT2D eigenvalue weighted by molar-refractivity contribution is 5.91. The van der Waals surface area contributed by atoms with Crippen molar-refractivity contribution < 1.29 is 18.7 Å². The molecule has 2 aromatic carbocycles. The zero-order valence-electron chi connectivity index (χ0n) is 10.5. The van der Waals surface area contributed by atoms with Crippen LogP contribution in [0, 0.1) is 23.0 Å². The lowest BCUT2D eigenvalue weighted by atomic mass is 10.1. The Bertz CT molecular complexity index is 770. The third-order valence-electron chi connectivity index (χ3n) is 2.74. The van der Waals surface area contributed by atoms with Crippen molar-refractivity contribution in [3.05, 3.63) is 53.1 Å². The Hall–Kier alpha value is -3.14. The van der Waals surface area contributed by atoms with Gasteiger partial charge in [-0.05, 0) is 24.3 Å². The lowest BCUT2D eigenvalue weighted by molar-refractivity contribution is 0.0692. The normalized spacial score (nSPS) is 9.95. The quantitative estimate of drug-likeness (QED) is 0.754. The van der Waals surface area contributed by atoms with Crippen LogP contribution in [-0.4, -0.2) is 11.1 Å². The van der Waals surface area contributed by atoms with Gasteiger partial charge in [0.2, 0.25) is 0 Å². The van der Waals surface area contributed by atoms with Crippen LogP contribution in [-0.2, 0) is 0 Å². The summed E-state index contributed by atoms with van der Waals surface area (Å²) in [5.74, 6) is -3.07. The maximum Gasteiger partial charge on any atom is 0.338 e. The van der Waals surface area contributed by atoms with Crippen molar-refractivity contribution >= 4 is 23.0 Å². The van der Waals surface area contributed by atoms with Crippen molar-refractivity contribution in [2.75, 3.05) is 11.1 Å². The van der Waals surface area contributed by atoms with E-state index in [9.17, 15) is 13.6 Å². The van der Waals surface area contributed by atoms with Crippen LogP contribution in [0.3, 0.4) is 0 Å². The summed E-state index contributed by atoms with van der Waals surface area (Å²) in [5.41, 5.74) is 5.37. The Labute approximate surface area is 118 Å². The van der Waals surface area contributed by atoms with Crippen LogP contribution in [0.5, 0.6) is 0 Å². The first-order chi connectivity index (χ1) is 9.92. The van der Waals surface area contributed by atoms with E-state index in [4.69, 9.17) is 16.1 Å². The molecule has 0 heterocycles. The number of carboxylic acids is 1. The van der Waals surface area contributed by atoms with Crippen LogP contribution in [0.1, 0.15) is 15.9 Å². The molecule has 0 bridgehead atoms. The van der Waals surface area contributed by atoms with Gasteiger partial charge in [0.25, 0.3) is 0 Å². The van der Waals surface area contributed by atoms with Crippen molar-refractivity contribution in [3.63, 3.8) is 0 Å². The smallest absolute Gasteiger partial charge is 0.338 e. The molecule has 0 saturated carbocycles. The fraction of sp³-hybridized carbons (Fsp3) is 0. The third-order valence-corrected chi connectivity index (χ3v) is 2.74. The van der Waals surface area contributed by atoms with E-state index >= 15 is 0 Å². The van der Waals surface area contributed by atoms with E-state index in [1.807, 2.05) is 0 Å². The molecule has 2 aromatic rings. The molecule has 21 heavy (non-hydrogen) atoms. The minimum Gasteiger partial charge on any atom is -0.478 e. The largest absolute Gasteiger partial charge is 0.478 e.